The second-order valence-electron chi connectivity index (χ2n) is 2.46. The maximum absolute atomic E-state index is 10.6. The Morgan fingerprint density at radius 3 is 2.20 bits per heavy atom. The Balaban J connectivity index is 0.00000196. The summed E-state index contributed by atoms with van der Waals surface area (Å²) in [7, 11) is -4.45. The molecule has 0 unspecified atom stereocenters. The van der Waals surface area contributed by atoms with Crippen molar-refractivity contribution >= 4 is 16.1 Å². The van der Waals surface area contributed by atoms with Gasteiger partial charge >= 0.3 is 5.97 Å². The summed E-state index contributed by atoms with van der Waals surface area (Å²) in [6.07, 6.45) is 0. The van der Waals surface area contributed by atoms with Crippen LogP contribution in [0.3, 0.4) is 0 Å². The predicted molar refractivity (Wildman–Crippen MR) is 44.9 cm³/mol. The van der Waals surface area contributed by atoms with Gasteiger partial charge in [-0.1, -0.05) is 0 Å². The Hall–Kier alpha value is -0.314. The average Bonchev–Trinajstić information content (AvgIpc) is 2.02. The zero-order valence-corrected chi connectivity index (χ0v) is 10.00. The second kappa shape index (κ2) is 5.15. The van der Waals surface area contributed by atoms with Crippen LogP contribution in [0.25, 0.3) is 0 Å². The topological polar surface area (TPSA) is 112 Å². The van der Waals surface area contributed by atoms with Gasteiger partial charge in [-0.3, -0.25) is 4.55 Å². The van der Waals surface area contributed by atoms with Crippen molar-refractivity contribution in [1.29, 1.82) is 0 Å². The molecule has 0 aliphatic heterocycles. The van der Waals surface area contributed by atoms with Crippen molar-refractivity contribution in [1.82, 2.24) is 0 Å². The first-order chi connectivity index (χ1) is 6.32. The number of carboxylic acid groups (broad SMARTS) is 1. The quantitative estimate of drug-likeness (QED) is 0.641. The van der Waals surface area contributed by atoms with Crippen molar-refractivity contribution in [3.05, 3.63) is 23.8 Å². The van der Waals surface area contributed by atoms with Gasteiger partial charge < -0.3 is 10.2 Å². The van der Waals surface area contributed by atoms with Crippen LogP contribution >= 0.6 is 0 Å². The molecular weight excluding hydrogens is 371 g/mol. The number of rotatable bonds is 2. The Morgan fingerprint density at radius 1 is 1.27 bits per heavy atom. The molecule has 0 saturated heterocycles. The van der Waals surface area contributed by atoms with Crippen molar-refractivity contribution < 1.29 is 66.6 Å². The Kier molecular flexibility index (Phi) is 5.04. The first kappa shape index (κ1) is 14.7. The molecule has 0 atom stereocenters. The summed E-state index contributed by atoms with van der Waals surface area (Å²) in [5.74, 6) is -2.04. The van der Waals surface area contributed by atoms with Crippen LogP contribution in [0.5, 0.6) is 5.75 Å². The molecule has 1 aromatic carbocycles. The fourth-order valence-corrected chi connectivity index (χ4v) is 1.35. The Bertz CT molecular complexity index is 480. The Morgan fingerprint density at radius 2 is 1.80 bits per heavy atom. The molecule has 0 aromatic heterocycles. The number of hydrogen-bond acceptors (Lipinski definition) is 4. The van der Waals surface area contributed by atoms with Gasteiger partial charge in [0.05, 0.1) is 4.90 Å². The molecule has 0 aliphatic rings. The van der Waals surface area contributed by atoms with Crippen LogP contribution in [0.4, 0.5) is 0 Å². The number of carbonyl (C=O) groups is 1. The zero-order chi connectivity index (χ0) is 10.9. The summed E-state index contributed by atoms with van der Waals surface area (Å²) in [5, 5.41) is 17.5. The van der Waals surface area contributed by atoms with Crippen LogP contribution in [-0.2, 0) is 10.1 Å². The van der Waals surface area contributed by atoms with E-state index in [-0.39, 0.29) is 38.6 Å². The van der Waals surface area contributed by atoms with Gasteiger partial charge in [-0.15, -0.1) is 0 Å². The first-order valence-corrected chi connectivity index (χ1v) is 4.80. The maximum Gasteiger partial charge on any atom is 0.339 e. The fourth-order valence-electron chi connectivity index (χ4n) is 0.847. The van der Waals surface area contributed by atoms with Gasteiger partial charge in [-0.2, -0.15) is 8.42 Å². The third-order valence-corrected chi connectivity index (χ3v) is 2.35. The van der Waals surface area contributed by atoms with Crippen LogP contribution in [0.1, 0.15) is 10.4 Å². The first-order valence-electron chi connectivity index (χ1n) is 3.36. The van der Waals surface area contributed by atoms with Crippen LogP contribution in [-0.4, -0.2) is 29.2 Å². The van der Waals surface area contributed by atoms with Crippen molar-refractivity contribution in [3.63, 3.8) is 0 Å². The molecule has 0 fully saturated rings. The summed E-state index contributed by atoms with van der Waals surface area (Å²) >= 11 is 0. The van der Waals surface area contributed by atoms with Crippen LogP contribution < -0.4 is 0 Å². The van der Waals surface area contributed by atoms with E-state index >= 15 is 0 Å². The summed E-state index contributed by atoms with van der Waals surface area (Å²) in [6.45, 7) is 0. The molecule has 85 valence electrons. The van der Waals surface area contributed by atoms with E-state index in [1.165, 1.54) is 0 Å². The maximum atomic E-state index is 10.6. The molecule has 0 bridgehead atoms. The Labute approximate surface area is 116 Å². The monoisotopic (exact) mass is 377 g/mol. The molecule has 3 N–H and O–H groups in total. The molecule has 8 heteroatoms. The number of hydrogen-bond donors (Lipinski definition) is 3. The molecule has 1 radical (unpaired) electrons. The SMILES string of the molecule is O=C(O)c1cc(S(=O)(=O)O)ccc1O.[Tb]. The van der Waals surface area contributed by atoms with E-state index in [1.807, 2.05) is 0 Å². The van der Waals surface area contributed by atoms with E-state index in [2.05, 4.69) is 0 Å². The molecule has 6 nitrogen and oxygen atoms in total. The molecule has 0 spiro atoms. The third-order valence-electron chi connectivity index (χ3n) is 1.50. The minimum absolute atomic E-state index is 0. The van der Waals surface area contributed by atoms with Gasteiger partial charge in [0.2, 0.25) is 0 Å². The van der Waals surface area contributed by atoms with Gasteiger partial charge in [0.25, 0.3) is 10.1 Å². The van der Waals surface area contributed by atoms with Crippen LogP contribution in [0.15, 0.2) is 23.1 Å². The summed E-state index contributed by atoms with van der Waals surface area (Å²) in [6, 6.07) is 2.46. The summed E-state index contributed by atoms with van der Waals surface area (Å²) in [5.41, 5.74) is -0.583. The van der Waals surface area contributed by atoms with E-state index in [1.54, 1.807) is 0 Å². The van der Waals surface area contributed by atoms with Gasteiger partial charge in [0.1, 0.15) is 11.3 Å². The molecular formula is C7H6O6STb. The number of aromatic carboxylic acids is 1. The number of carboxylic acids is 1. The van der Waals surface area contributed by atoms with Crippen LogP contribution in [0, 0.1) is 38.6 Å². The van der Waals surface area contributed by atoms with Crippen LogP contribution in [0.2, 0.25) is 0 Å². The van der Waals surface area contributed by atoms with Crippen molar-refractivity contribution in [2.45, 2.75) is 4.90 Å². The van der Waals surface area contributed by atoms with E-state index < -0.39 is 32.3 Å². The van der Waals surface area contributed by atoms with Crippen molar-refractivity contribution in [2.24, 2.45) is 0 Å². The van der Waals surface area contributed by atoms with Gasteiger partial charge in [0.15, 0.2) is 0 Å². The molecule has 0 saturated carbocycles. The molecule has 0 aliphatic carbocycles. The minimum atomic E-state index is -4.45. The average molecular weight is 377 g/mol. The second-order valence-corrected chi connectivity index (χ2v) is 3.88. The predicted octanol–water partition coefficient (Wildman–Crippen LogP) is 0.337. The molecule has 15 heavy (non-hydrogen) atoms. The normalized spacial score (nSPS) is 10.5. The van der Waals surface area contributed by atoms with Gasteiger partial charge in [-0.25, -0.2) is 4.79 Å². The number of phenols is 1. The van der Waals surface area contributed by atoms with E-state index in [0.29, 0.717) is 6.07 Å². The van der Waals surface area contributed by atoms with Crippen molar-refractivity contribution in [3.8, 4) is 5.75 Å². The molecule has 0 amide bonds. The fraction of sp³-hybridized carbons (Fsp3) is 0. The van der Waals surface area contributed by atoms with E-state index in [0.717, 1.165) is 12.1 Å². The zero-order valence-electron chi connectivity index (χ0n) is 7.04. The van der Waals surface area contributed by atoms with Gasteiger partial charge in [-0.05, 0) is 18.2 Å². The molecule has 1 rings (SSSR count). The largest absolute Gasteiger partial charge is 0.507 e. The third kappa shape index (κ3) is 3.63. The number of aromatic hydroxyl groups is 1. The summed E-state index contributed by atoms with van der Waals surface area (Å²) in [4.78, 5) is 9.89. The number of benzene rings is 1. The van der Waals surface area contributed by atoms with Crippen molar-refractivity contribution in [2.75, 3.05) is 0 Å². The summed E-state index contributed by atoms with van der Waals surface area (Å²) < 4.78 is 29.8. The van der Waals surface area contributed by atoms with Gasteiger partial charge in [0, 0.05) is 38.6 Å². The minimum Gasteiger partial charge on any atom is -0.507 e. The van der Waals surface area contributed by atoms with E-state index in [4.69, 9.17) is 14.8 Å². The van der Waals surface area contributed by atoms with E-state index in [9.17, 15) is 13.2 Å². The molecule has 0 heterocycles. The smallest absolute Gasteiger partial charge is 0.339 e. The molecule has 1 aromatic rings. The standard InChI is InChI=1S/C7H6O6S.Tb/c8-6-2-1-4(14(11,12)13)3-5(6)7(9)10;/h1-3,8H,(H,9,10)(H,11,12,13);.